The zero-order valence-corrected chi connectivity index (χ0v) is 12.7. The maximum Gasteiger partial charge on any atom is 0.0446 e. The van der Waals surface area contributed by atoms with Crippen molar-refractivity contribution in [2.75, 3.05) is 11.4 Å². The van der Waals surface area contributed by atoms with Crippen molar-refractivity contribution in [3.05, 3.63) is 58.7 Å². The van der Waals surface area contributed by atoms with Crippen molar-refractivity contribution >= 4 is 11.4 Å². The predicted molar refractivity (Wildman–Crippen MR) is 87.1 cm³/mol. The van der Waals surface area contributed by atoms with Gasteiger partial charge in [-0.25, -0.2) is 0 Å². The second kappa shape index (κ2) is 5.32. The summed E-state index contributed by atoms with van der Waals surface area (Å²) in [7, 11) is 0. The van der Waals surface area contributed by atoms with E-state index in [1.165, 1.54) is 46.5 Å². The van der Waals surface area contributed by atoms with Crippen LogP contribution in [-0.2, 0) is 6.42 Å². The van der Waals surface area contributed by atoms with Gasteiger partial charge in [-0.15, -0.1) is 0 Å². The Kier molecular flexibility index (Phi) is 3.52. The summed E-state index contributed by atoms with van der Waals surface area (Å²) in [4.78, 5) is 2.51. The highest BCUT2D eigenvalue weighted by Gasteiger charge is 2.22. The summed E-state index contributed by atoms with van der Waals surface area (Å²) in [5, 5.41) is 0. The lowest BCUT2D eigenvalue weighted by Gasteiger charge is -2.34. The third-order valence-corrected chi connectivity index (χ3v) is 4.17. The fourth-order valence-electron chi connectivity index (χ4n) is 3.13. The van der Waals surface area contributed by atoms with Crippen molar-refractivity contribution in [3.8, 4) is 0 Å². The van der Waals surface area contributed by atoms with Gasteiger partial charge in [-0.05, 0) is 43.5 Å². The molecule has 0 bridgehead atoms. The minimum Gasteiger partial charge on any atom is -0.341 e. The summed E-state index contributed by atoms with van der Waals surface area (Å²) < 4.78 is 0. The molecular weight excluding hydrogens is 242 g/mol. The standard InChI is InChI=1S/C19H23N/c1-4-5-10-20-18-8-6-14(2)11-16(18)13-17-12-15(3)7-9-19(17)20/h6-9,11-12H,4-5,10,13H2,1-3H3. The summed E-state index contributed by atoms with van der Waals surface area (Å²) >= 11 is 0. The highest BCUT2D eigenvalue weighted by Crippen LogP contribution is 2.39. The molecule has 0 aliphatic carbocycles. The van der Waals surface area contributed by atoms with Crippen LogP contribution in [0, 0.1) is 13.8 Å². The molecule has 0 amide bonds. The minimum absolute atomic E-state index is 1.07. The van der Waals surface area contributed by atoms with E-state index in [0.717, 1.165) is 13.0 Å². The van der Waals surface area contributed by atoms with E-state index in [2.05, 4.69) is 62.1 Å². The van der Waals surface area contributed by atoms with Crippen LogP contribution < -0.4 is 4.90 Å². The summed E-state index contributed by atoms with van der Waals surface area (Å²) in [5.41, 5.74) is 8.46. The van der Waals surface area contributed by atoms with Crippen LogP contribution in [0.4, 0.5) is 11.4 Å². The molecular formula is C19H23N. The third kappa shape index (κ3) is 2.33. The normalized spacial score (nSPS) is 13.1. The Labute approximate surface area is 122 Å². The molecule has 1 nitrogen and oxygen atoms in total. The quantitative estimate of drug-likeness (QED) is 0.742. The lowest BCUT2D eigenvalue weighted by molar-refractivity contribution is 0.776. The molecule has 0 atom stereocenters. The highest BCUT2D eigenvalue weighted by atomic mass is 15.1. The van der Waals surface area contributed by atoms with Gasteiger partial charge in [-0.1, -0.05) is 48.7 Å². The molecule has 0 fully saturated rings. The van der Waals surface area contributed by atoms with E-state index in [4.69, 9.17) is 0 Å². The van der Waals surface area contributed by atoms with Gasteiger partial charge in [0.1, 0.15) is 0 Å². The SMILES string of the molecule is CCCCN1c2ccc(C)cc2Cc2cc(C)ccc21. The first-order valence-electron chi connectivity index (χ1n) is 7.65. The first kappa shape index (κ1) is 13.2. The van der Waals surface area contributed by atoms with Gasteiger partial charge in [0.05, 0.1) is 0 Å². The van der Waals surface area contributed by atoms with Gasteiger partial charge in [0, 0.05) is 24.3 Å². The average molecular weight is 265 g/mol. The van der Waals surface area contributed by atoms with Crippen LogP contribution in [0.15, 0.2) is 36.4 Å². The summed E-state index contributed by atoms with van der Waals surface area (Å²) in [5.74, 6) is 0. The average Bonchev–Trinajstić information content (AvgIpc) is 2.43. The van der Waals surface area contributed by atoms with E-state index in [9.17, 15) is 0 Å². The fourth-order valence-corrected chi connectivity index (χ4v) is 3.13. The molecule has 1 heterocycles. The van der Waals surface area contributed by atoms with Crippen LogP contribution in [0.25, 0.3) is 0 Å². The molecule has 0 unspecified atom stereocenters. The maximum absolute atomic E-state index is 2.51. The predicted octanol–water partition coefficient (Wildman–Crippen LogP) is 5.15. The summed E-state index contributed by atoms with van der Waals surface area (Å²) in [6.07, 6.45) is 3.54. The molecule has 0 N–H and O–H groups in total. The van der Waals surface area contributed by atoms with Crippen molar-refractivity contribution in [1.82, 2.24) is 0 Å². The fraction of sp³-hybridized carbons (Fsp3) is 0.368. The Morgan fingerprint density at radius 2 is 1.45 bits per heavy atom. The first-order chi connectivity index (χ1) is 9.69. The number of unbranched alkanes of at least 4 members (excludes halogenated alkanes) is 1. The second-order valence-corrected chi connectivity index (χ2v) is 5.95. The van der Waals surface area contributed by atoms with Gasteiger partial charge in [-0.2, -0.15) is 0 Å². The van der Waals surface area contributed by atoms with Gasteiger partial charge >= 0.3 is 0 Å². The second-order valence-electron chi connectivity index (χ2n) is 5.95. The Morgan fingerprint density at radius 3 is 1.95 bits per heavy atom. The van der Waals surface area contributed by atoms with Crippen LogP contribution in [-0.4, -0.2) is 6.54 Å². The Bertz CT molecular complexity index is 576. The Hall–Kier alpha value is -1.76. The third-order valence-electron chi connectivity index (χ3n) is 4.17. The van der Waals surface area contributed by atoms with E-state index in [-0.39, 0.29) is 0 Å². The van der Waals surface area contributed by atoms with Crippen LogP contribution in [0.3, 0.4) is 0 Å². The largest absolute Gasteiger partial charge is 0.341 e. The molecule has 0 aromatic heterocycles. The van der Waals surface area contributed by atoms with Crippen molar-refractivity contribution in [1.29, 1.82) is 0 Å². The molecule has 2 aromatic rings. The van der Waals surface area contributed by atoms with Gasteiger partial charge in [0.15, 0.2) is 0 Å². The molecule has 20 heavy (non-hydrogen) atoms. The molecule has 104 valence electrons. The molecule has 3 rings (SSSR count). The number of aryl methyl sites for hydroxylation is 2. The molecule has 1 heteroatoms. The number of hydrogen-bond donors (Lipinski definition) is 0. The highest BCUT2D eigenvalue weighted by molar-refractivity contribution is 5.74. The van der Waals surface area contributed by atoms with E-state index >= 15 is 0 Å². The lowest BCUT2D eigenvalue weighted by Crippen LogP contribution is -2.24. The number of hydrogen-bond acceptors (Lipinski definition) is 1. The number of nitrogens with zero attached hydrogens (tertiary/aromatic N) is 1. The van der Waals surface area contributed by atoms with Gasteiger partial charge in [0.2, 0.25) is 0 Å². The molecule has 0 saturated carbocycles. The molecule has 0 saturated heterocycles. The number of benzene rings is 2. The molecule has 0 spiro atoms. The van der Waals surface area contributed by atoms with E-state index in [1.54, 1.807) is 0 Å². The van der Waals surface area contributed by atoms with Crippen molar-refractivity contribution in [2.24, 2.45) is 0 Å². The van der Waals surface area contributed by atoms with Gasteiger partial charge in [-0.3, -0.25) is 0 Å². The number of rotatable bonds is 3. The van der Waals surface area contributed by atoms with Crippen LogP contribution in [0.1, 0.15) is 42.0 Å². The Balaban J connectivity index is 2.08. The monoisotopic (exact) mass is 265 g/mol. The smallest absolute Gasteiger partial charge is 0.0446 e. The number of fused-ring (bicyclic) bond motifs is 2. The number of anilines is 2. The van der Waals surface area contributed by atoms with Crippen molar-refractivity contribution in [2.45, 2.75) is 40.0 Å². The first-order valence-corrected chi connectivity index (χ1v) is 7.65. The summed E-state index contributed by atoms with van der Waals surface area (Å²) in [6, 6.07) is 13.7. The molecule has 0 radical (unpaired) electrons. The van der Waals surface area contributed by atoms with E-state index < -0.39 is 0 Å². The van der Waals surface area contributed by atoms with E-state index in [0.29, 0.717) is 0 Å². The summed E-state index contributed by atoms with van der Waals surface area (Å²) in [6.45, 7) is 7.74. The van der Waals surface area contributed by atoms with Crippen LogP contribution in [0.2, 0.25) is 0 Å². The topological polar surface area (TPSA) is 3.24 Å². The maximum atomic E-state index is 2.51. The zero-order chi connectivity index (χ0) is 14.1. The van der Waals surface area contributed by atoms with Crippen LogP contribution >= 0.6 is 0 Å². The van der Waals surface area contributed by atoms with Crippen LogP contribution in [0.5, 0.6) is 0 Å². The van der Waals surface area contributed by atoms with Crippen molar-refractivity contribution in [3.63, 3.8) is 0 Å². The van der Waals surface area contributed by atoms with Gasteiger partial charge < -0.3 is 4.90 Å². The van der Waals surface area contributed by atoms with E-state index in [1.807, 2.05) is 0 Å². The molecule has 2 aromatic carbocycles. The van der Waals surface area contributed by atoms with Crippen molar-refractivity contribution < 1.29 is 0 Å². The zero-order valence-electron chi connectivity index (χ0n) is 12.7. The molecule has 1 aliphatic heterocycles. The molecule has 1 aliphatic rings. The lowest BCUT2D eigenvalue weighted by atomic mass is 9.93. The Morgan fingerprint density at radius 1 is 0.900 bits per heavy atom. The minimum atomic E-state index is 1.07. The van der Waals surface area contributed by atoms with Gasteiger partial charge in [0.25, 0.3) is 0 Å².